The Morgan fingerprint density at radius 2 is 2.00 bits per heavy atom. The molecule has 0 heterocycles. The van der Waals surface area contributed by atoms with E-state index in [0.29, 0.717) is 12.2 Å². The molecule has 72 valence electrons. The van der Waals surface area contributed by atoms with Crippen molar-refractivity contribution in [2.45, 2.75) is 19.4 Å². The summed E-state index contributed by atoms with van der Waals surface area (Å²) >= 11 is 0. The van der Waals surface area contributed by atoms with Crippen molar-refractivity contribution >= 4 is 0 Å². The van der Waals surface area contributed by atoms with Crippen LogP contribution in [0.4, 0.5) is 0 Å². The molecule has 0 bridgehead atoms. The molecule has 0 spiro atoms. The van der Waals surface area contributed by atoms with Gasteiger partial charge in [0, 0.05) is 6.61 Å². The lowest BCUT2D eigenvalue weighted by Gasteiger charge is -2.02. The molecule has 0 aliphatic heterocycles. The van der Waals surface area contributed by atoms with E-state index in [0.717, 1.165) is 18.1 Å². The first-order valence-corrected chi connectivity index (χ1v) is 4.95. The highest BCUT2D eigenvalue weighted by Crippen LogP contribution is 2.29. The fourth-order valence-corrected chi connectivity index (χ4v) is 1.30. The maximum Gasteiger partial charge on any atom is 0.0991 e. The van der Waals surface area contributed by atoms with Crippen molar-refractivity contribution < 1.29 is 4.74 Å². The summed E-state index contributed by atoms with van der Waals surface area (Å²) in [5.41, 5.74) is 1.85. The molecule has 0 N–H and O–H groups in total. The average molecular weight is 187 g/mol. The Bertz CT molecular complexity index is 332. The van der Waals surface area contributed by atoms with Gasteiger partial charge in [-0.25, -0.2) is 0 Å². The van der Waals surface area contributed by atoms with E-state index in [4.69, 9.17) is 10.00 Å². The largest absolute Gasteiger partial charge is 0.376 e. The van der Waals surface area contributed by atoms with Crippen LogP contribution in [0, 0.1) is 17.2 Å². The number of benzene rings is 1. The van der Waals surface area contributed by atoms with Crippen LogP contribution >= 0.6 is 0 Å². The fraction of sp³-hybridized carbons (Fsp3) is 0.417. The van der Waals surface area contributed by atoms with Crippen LogP contribution in [-0.4, -0.2) is 6.61 Å². The van der Waals surface area contributed by atoms with Crippen molar-refractivity contribution in [1.82, 2.24) is 0 Å². The first kappa shape index (κ1) is 9.23. The summed E-state index contributed by atoms with van der Waals surface area (Å²) < 4.78 is 5.53. The SMILES string of the molecule is N#Cc1ccc(COCC2CC2)cc1. The second-order valence-corrected chi connectivity index (χ2v) is 3.77. The molecular weight excluding hydrogens is 174 g/mol. The van der Waals surface area contributed by atoms with Crippen LogP contribution in [0.3, 0.4) is 0 Å². The molecule has 0 radical (unpaired) electrons. The molecule has 1 aromatic carbocycles. The quantitative estimate of drug-likeness (QED) is 0.725. The highest BCUT2D eigenvalue weighted by Gasteiger charge is 2.20. The van der Waals surface area contributed by atoms with Crippen LogP contribution in [0.1, 0.15) is 24.0 Å². The maximum atomic E-state index is 8.60. The van der Waals surface area contributed by atoms with Crippen molar-refractivity contribution in [2.24, 2.45) is 5.92 Å². The molecule has 2 rings (SSSR count). The number of hydrogen-bond acceptors (Lipinski definition) is 2. The van der Waals surface area contributed by atoms with Crippen LogP contribution in [0.5, 0.6) is 0 Å². The molecule has 1 saturated carbocycles. The molecule has 1 fully saturated rings. The lowest BCUT2D eigenvalue weighted by Crippen LogP contribution is -1.96. The van der Waals surface area contributed by atoms with E-state index in [1.165, 1.54) is 12.8 Å². The van der Waals surface area contributed by atoms with E-state index in [9.17, 15) is 0 Å². The summed E-state index contributed by atoms with van der Waals surface area (Å²) in [5, 5.41) is 8.60. The average Bonchev–Trinajstić information content (AvgIpc) is 3.03. The first-order chi connectivity index (χ1) is 6.88. The lowest BCUT2D eigenvalue weighted by molar-refractivity contribution is 0.111. The minimum Gasteiger partial charge on any atom is -0.376 e. The second-order valence-electron chi connectivity index (χ2n) is 3.77. The Morgan fingerprint density at radius 1 is 1.29 bits per heavy atom. The van der Waals surface area contributed by atoms with Crippen molar-refractivity contribution in [3.05, 3.63) is 35.4 Å². The summed E-state index contributed by atoms with van der Waals surface area (Å²) in [6, 6.07) is 9.66. The van der Waals surface area contributed by atoms with Gasteiger partial charge in [0.15, 0.2) is 0 Å². The molecule has 0 atom stereocenters. The third kappa shape index (κ3) is 2.58. The molecule has 0 unspecified atom stereocenters. The minimum absolute atomic E-state index is 0.669. The van der Waals surface area contributed by atoms with E-state index in [-0.39, 0.29) is 0 Å². The molecule has 1 aromatic rings. The van der Waals surface area contributed by atoms with E-state index >= 15 is 0 Å². The molecule has 0 aromatic heterocycles. The summed E-state index contributed by atoms with van der Waals surface area (Å²) in [5.74, 6) is 0.813. The normalized spacial score (nSPS) is 15.1. The number of hydrogen-bond donors (Lipinski definition) is 0. The predicted octanol–water partition coefficient (Wildman–Crippen LogP) is 2.48. The molecule has 14 heavy (non-hydrogen) atoms. The van der Waals surface area contributed by atoms with Crippen molar-refractivity contribution in [2.75, 3.05) is 6.61 Å². The van der Waals surface area contributed by atoms with Gasteiger partial charge in [-0.05, 0) is 36.5 Å². The van der Waals surface area contributed by atoms with Crippen molar-refractivity contribution in [3.8, 4) is 6.07 Å². The number of rotatable bonds is 4. The zero-order chi connectivity index (χ0) is 9.80. The molecule has 2 heteroatoms. The summed E-state index contributed by atoms with van der Waals surface area (Å²) in [6.45, 7) is 1.56. The third-order valence-electron chi connectivity index (χ3n) is 2.40. The highest BCUT2D eigenvalue weighted by atomic mass is 16.5. The number of nitriles is 1. The number of nitrogens with zero attached hydrogens (tertiary/aromatic N) is 1. The Labute approximate surface area is 84.1 Å². The summed E-state index contributed by atoms with van der Waals surface area (Å²) in [4.78, 5) is 0. The van der Waals surface area contributed by atoms with Gasteiger partial charge in [0.1, 0.15) is 0 Å². The van der Waals surface area contributed by atoms with Gasteiger partial charge in [-0.1, -0.05) is 12.1 Å². The summed E-state index contributed by atoms with van der Waals surface area (Å²) in [6.07, 6.45) is 2.65. The van der Waals surface area contributed by atoms with Crippen LogP contribution < -0.4 is 0 Å². The van der Waals surface area contributed by atoms with Gasteiger partial charge in [-0.3, -0.25) is 0 Å². The first-order valence-electron chi connectivity index (χ1n) is 4.95. The molecular formula is C12H13NO. The van der Waals surface area contributed by atoms with Gasteiger partial charge in [0.25, 0.3) is 0 Å². The monoisotopic (exact) mass is 187 g/mol. The summed E-state index contributed by atoms with van der Waals surface area (Å²) in [7, 11) is 0. The Balaban J connectivity index is 1.80. The molecule has 2 nitrogen and oxygen atoms in total. The van der Waals surface area contributed by atoms with Crippen LogP contribution in [0.15, 0.2) is 24.3 Å². The zero-order valence-electron chi connectivity index (χ0n) is 8.07. The molecule has 0 saturated heterocycles. The standard InChI is InChI=1S/C12H13NO/c13-7-10-1-3-11(4-2-10)8-14-9-12-5-6-12/h1-4,12H,5-6,8-9H2. The minimum atomic E-state index is 0.669. The van der Waals surface area contributed by atoms with Gasteiger partial charge in [0.2, 0.25) is 0 Å². The highest BCUT2D eigenvalue weighted by molar-refractivity contribution is 5.31. The molecule has 1 aliphatic rings. The Morgan fingerprint density at radius 3 is 2.57 bits per heavy atom. The van der Waals surface area contributed by atoms with E-state index in [1.54, 1.807) is 0 Å². The van der Waals surface area contributed by atoms with Crippen LogP contribution in [0.25, 0.3) is 0 Å². The topological polar surface area (TPSA) is 33.0 Å². The Hall–Kier alpha value is -1.33. The van der Waals surface area contributed by atoms with Gasteiger partial charge in [-0.2, -0.15) is 5.26 Å². The van der Waals surface area contributed by atoms with Gasteiger partial charge < -0.3 is 4.74 Å². The smallest absolute Gasteiger partial charge is 0.0991 e. The predicted molar refractivity (Wildman–Crippen MR) is 53.5 cm³/mol. The third-order valence-corrected chi connectivity index (χ3v) is 2.40. The van der Waals surface area contributed by atoms with E-state index in [2.05, 4.69) is 6.07 Å². The van der Waals surface area contributed by atoms with Gasteiger partial charge in [0.05, 0.1) is 18.2 Å². The van der Waals surface area contributed by atoms with E-state index < -0.39 is 0 Å². The maximum absolute atomic E-state index is 8.60. The molecule has 0 amide bonds. The van der Waals surface area contributed by atoms with Crippen LogP contribution in [-0.2, 0) is 11.3 Å². The fourth-order valence-electron chi connectivity index (χ4n) is 1.30. The van der Waals surface area contributed by atoms with Gasteiger partial charge in [-0.15, -0.1) is 0 Å². The lowest BCUT2D eigenvalue weighted by atomic mass is 10.2. The second kappa shape index (κ2) is 4.26. The Kier molecular flexibility index (Phi) is 2.81. The molecule has 1 aliphatic carbocycles. The zero-order valence-corrected chi connectivity index (χ0v) is 8.07. The van der Waals surface area contributed by atoms with Crippen LogP contribution in [0.2, 0.25) is 0 Å². The number of ether oxygens (including phenoxy) is 1. The van der Waals surface area contributed by atoms with Gasteiger partial charge >= 0.3 is 0 Å². The van der Waals surface area contributed by atoms with Crippen molar-refractivity contribution in [1.29, 1.82) is 5.26 Å². The van der Waals surface area contributed by atoms with E-state index in [1.807, 2.05) is 24.3 Å². The van der Waals surface area contributed by atoms with Crippen molar-refractivity contribution in [3.63, 3.8) is 0 Å².